The Kier molecular flexibility index (Phi) is 5.83. The second-order valence-corrected chi connectivity index (χ2v) is 5.54. The van der Waals surface area contributed by atoms with Gasteiger partial charge in [-0.15, -0.1) is 0 Å². The average molecular weight is 277 g/mol. The van der Waals surface area contributed by atoms with E-state index in [4.69, 9.17) is 10.5 Å². The van der Waals surface area contributed by atoms with Crippen molar-refractivity contribution in [1.82, 2.24) is 9.80 Å². The highest BCUT2D eigenvalue weighted by Crippen LogP contribution is 2.13. The minimum Gasteiger partial charge on any atom is -0.492 e. The third-order valence-corrected chi connectivity index (χ3v) is 4.17. The number of nitrogens with zero attached hydrogens (tertiary/aromatic N) is 2. The van der Waals surface area contributed by atoms with Crippen molar-refractivity contribution in [3.63, 3.8) is 0 Å². The van der Waals surface area contributed by atoms with Gasteiger partial charge in [-0.3, -0.25) is 4.90 Å². The van der Waals surface area contributed by atoms with Crippen molar-refractivity contribution >= 4 is 0 Å². The fourth-order valence-electron chi connectivity index (χ4n) is 2.67. The van der Waals surface area contributed by atoms with Gasteiger partial charge in [0.1, 0.15) is 12.4 Å². The van der Waals surface area contributed by atoms with Crippen LogP contribution in [0.5, 0.6) is 5.75 Å². The zero-order valence-corrected chi connectivity index (χ0v) is 12.7. The fourth-order valence-corrected chi connectivity index (χ4v) is 2.67. The lowest BCUT2D eigenvalue weighted by molar-refractivity contribution is 0.0824. The molecule has 1 aromatic carbocycles. The molecule has 1 saturated heterocycles. The number of ether oxygens (including phenoxy) is 1. The van der Waals surface area contributed by atoms with E-state index in [1.807, 2.05) is 24.3 Å². The van der Waals surface area contributed by atoms with Crippen molar-refractivity contribution in [1.29, 1.82) is 0 Å². The first-order valence-electron chi connectivity index (χ1n) is 7.57. The summed E-state index contributed by atoms with van der Waals surface area (Å²) < 4.78 is 5.81. The van der Waals surface area contributed by atoms with Gasteiger partial charge in [0.15, 0.2) is 0 Å². The Morgan fingerprint density at radius 3 is 2.65 bits per heavy atom. The molecule has 1 unspecified atom stereocenters. The molecule has 0 radical (unpaired) electrons. The minimum absolute atomic E-state index is 0.583. The first-order chi connectivity index (χ1) is 9.72. The van der Waals surface area contributed by atoms with Gasteiger partial charge in [0, 0.05) is 38.8 Å². The van der Waals surface area contributed by atoms with Gasteiger partial charge in [-0.1, -0.05) is 19.1 Å². The second kappa shape index (κ2) is 7.62. The van der Waals surface area contributed by atoms with Gasteiger partial charge in [-0.25, -0.2) is 0 Å². The zero-order chi connectivity index (χ0) is 14.4. The maximum atomic E-state index is 5.81. The van der Waals surface area contributed by atoms with Gasteiger partial charge in [0.05, 0.1) is 0 Å². The third kappa shape index (κ3) is 4.20. The lowest BCUT2D eigenvalue weighted by Crippen LogP contribution is -2.51. The molecule has 1 aliphatic heterocycles. The van der Waals surface area contributed by atoms with Gasteiger partial charge in [-0.2, -0.15) is 0 Å². The molecule has 1 heterocycles. The summed E-state index contributed by atoms with van der Waals surface area (Å²) in [7, 11) is 2.22. The summed E-state index contributed by atoms with van der Waals surface area (Å²) in [6.45, 7) is 8.06. The van der Waals surface area contributed by atoms with Crippen molar-refractivity contribution < 1.29 is 4.74 Å². The lowest BCUT2D eigenvalue weighted by atomic mass is 10.1. The molecule has 0 spiro atoms. The Hall–Kier alpha value is -1.10. The maximum Gasteiger partial charge on any atom is 0.119 e. The van der Waals surface area contributed by atoms with Gasteiger partial charge < -0.3 is 15.4 Å². The summed E-state index contributed by atoms with van der Waals surface area (Å²) in [4.78, 5) is 4.96. The van der Waals surface area contributed by atoms with Crippen LogP contribution < -0.4 is 10.5 Å². The third-order valence-electron chi connectivity index (χ3n) is 4.17. The number of nitrogens with two attached hydrogens (primary N) is 1. The molecule has 1 aliphatic rings. The molecule has 1 atom stereocenters. The smallest absolute Gasteiger partial charge is 0.119 e. The highest BCUT2D eigenvalue weighted by atomic mass is 16.5. The van der Waals surface area contributed by atoms with Crippen molar-refractivity contribution in [3.8, 4) is 5.75 Å². The zero-order valence-electron chi connectivity index (χ0n) is 12.7. The molecular weight excluding hydrogens is 250 g/mol. The maximum absolute atomic E-state index is 5.81. The average Bonchev–Trinajstić information content (AvgIpc) is 2.49. The highest BCUT2D eigenvalue weighted by Gasteiger charge is 2.22. The molecular formula is C16H27N3O. The Morgan fingerprint density at radius 2 is 2.00 bits per heavy atom. The monoisotopic (exact) mass is 277 g/mol. The number of hydrogen-bond acceptors (Lipinski definition) is 4. The molecule has 112 valence electrons. The Labute approximate surface area is 122 Å². The summed E-state index contributed by atoms with van der Waals surface area (Å²) in [5.74, 6) is 0.934. The van der Waals surface area contributed by atoms with E-state index in [0.29, 0.717) is 12.6 Å². The van der Waals surface area contributed by atoms with E-state index in [-0.39, 0.29) is 0 Å². The van der Waals surface area contributed by atoms with Crippen LogP contribution in [0.4, 0.5) is 0 Å². The van der Waals surface area contributed by atoms with Crippen LogP contribution in [0.3, 0.4) is 0 Å². The van der Waals surface area contributed by atoms with E-state index >= 15 is 0 Å². The minimum atomic E-state index is 0.583. The van der Waals surface area contributed by atoms with Crippen molar-refractivity contribution in [2.45, 2.75) is 25.9 Å². The summed E-state index contributed by atoms with van der Waals surface area (Å²) in [6.07, 6.45) is 1.22. The fraction of sp³-hybridized carbons (Fsp3) is 0.625. The van der Waals surface area contributed by atoms with Crippen molar-refractivity contribution in [2.24, 2.45) is 5.73 Å². The molecule has 1 aromatic rings. The number of hydrogen-bond donors (Lipinski definition) is 1. The van der Waals surface area contributed by atoms with E-state index in [0.717, 1.165) is 44.1 Å². The van der Waals surface area contributed by atoms with E-state index in [2.05, 4.69) is 23.8 Å². The van der Waals surface area contributed by atoms with Crippen LogP contribution in [0.2, 0.25) is 0 Å². The Bertz CT molecular complexity index is 393. The van der Waals surface area contributed by atoms with Crippen LogP contribution in [0.25, 0.3) is 0 Å². The first-order valence-corrected chi connectivity index (χ1v) is 7.57. The van der Waals surface area contributed by atoms with Crippen LogP contribution in [0.15, 0.2) is 24.3 Å². The normalized spacial score (nSPS) is 21.1. The molecule has 1 fully saturated rings. The molecule has 0 aliphatic carbocycles. The van der Waals surface area contributed by atoms with E-state index in [1.165, 1.54) is 6.42 Å². The molecule has 0 aromatic heterocycles. The predicted molar refractivity (Wildman–Crippen MR) is 83.0 cm³/mol. The summed E-state index contributed by atoms with van der Waals surface area (Å²) >= 11 is 0. The molecule has 4 nitrogen and oxygen atoms in total. The topological polar surface area (TPSA) is 41.7 Å². The molecule has 2 N–H and O–H groups in total. The summed E-state index contributed by atoms with van der Waals surface area (Å²) in [5, 5.41) is 0. The van der Waals surface area contributed by atoms with Gasteiger partial charge in [0.2, 0.25) is 0 Å². The standard InChI is InChI=1S/C16H27N3O/c1-3-15-13-19(9-8-18(15)2)10-11-20-16-6-4-14(12-17)5-7-16/h4-7,15H,3,8-13,17H2,1-2H3. The number of rotatable bonds is 6. The van der Waals surface area contributed by atoms with Crippen LogP contribution in [0, 0.1) is 0 Å². The largest absolute Gasteiger partial charge is 0.492 e. The van der Waals surface area contributed by atoms with Crippen molar-refractivity contribution in [3.05, 3.63) is 29.8 Å². The van der Waals surface area contributed by atoms with E-state index in [9.17, 15) is 0 Å². The molecule has 0 amide bonds. The van der Waals surface area contributed by atoms with E-state index in [1.54, 1.807) is 0 Å². The first kappa shape index (κ1) is 15.3. The van der Waals surface area contributed by atoms with Gasteiger partial charge >= 0.3 is 0 Å². The molecule has 20 heavy (non-hydrogen) atoms. The molecule has 2 rings (SSSR count). The lowest BCUT2D eigenvalue weighted by Gasteiger charge is -2.39. The Morgan fingerprint density at radius 1 is 1.25 bits per heavy atom. The molecule has 4 heteroatoms. The second-order valence-electron chi connectivity index (χ2n) is 5.54. The van der Waals surface area contributed by atoms with Crippen LogP contribution >= 0.6 is 0 Å². The number of likely N-dealkylation sites (N-methyl/N-ethyl adjacent to an activating group) is 1. The quantitative estimate of drug-likeness (QED) is 0.856. The van der Waals surface area contributed by atoms with Crippen LogP contribution in [-0.4, -0.2) is 55.7 Å². The number of benzene rings is 1. The van der Waals surface area contributed by atoms with Gasteiger partial charge in [-0.05, 0) is 31.2 Å². The summed E-state index contributed by atoms with van der Waals surface area (Å²) in [5.41, 5.74) is 6.72. The SMILES string of the molecule is CCC1CN(CCOc2ccc(CN)cc2)CCN1C. The Balaban J connectivity index is 1.72. The van der Waals surface area contributed by atoms with Crippen LogP contribution in [-0.2, 0) is 6.54 Å². The highest BCUT2D eigenvalue weighted by molar-refractivity contribution is 5.27. The van der Waals surface area contributed by atoms with Crippen molar-refractivity contribution in [2.75, 3.05) is 39.8 Å². The summed E-state index contributed by atoms with van der Waals surface area (Å²) in [6, 6.07) is 8.74. The van der Waals surface area contributed by atoms with E-state index < -0.39 is 0 Å². The molecule has 0 saturated carbocycles. The number of piperazine rings is 1. The van der Waals surface area contributed by atoms with Gasteiger partial charge in [0.25, 0.3) is 0 Å². The predicted octanol–water partition coefficient (Wildman–Crippen LogP) is 1.55. The molecule has 0 bridgehead atoms. The van der Waals surface area contributed by atoms with Crippen LogP contribution in [0.1, 0.15) is 18.9 Å².